The molecular formula is C36H57NO5. The van der Waals surface area contributed by atoms with Crippen LogP contribution in [0.4, 0.5) is 0 Å². The van der Waals surface area contributed by atoms with Gasteiger partial charge in [0.25, 0.3) is 0 Å². The monoisotopic (exact) mass is 583 g/mol. The number of carbonyl (C=O) groups is 2. The molecule has 1 saturated heterocycles. The number of hydrogen-bond acceptors (Lipinski definition) is 6. The molecule has 0 aromatic heterocycles. The highest BCUT2D eigenvalue weighted by Gasteiger charge is 2.71. The van der Waals surface area contributed by atoms with E-state index in [9.17, 15) is 14.7 Å². The molecule has 0 bridgehead atoms. The summed E-state index contributed by atoms with van der Waals surface area (Å²) >= 11 is 0. The lowest BCUT2D eigenvalue weighted by molar-refractivity contribution is -0.230. The maximum atomic E-state index is 13.3. The zero-order valence-corrected chi connectivity index (χ0v) is 27.6. The predicted octanol–water partition coefficient (Wildman–Crippen LogP) is 6.86. The van der Waals surface area contributed by atoms with Crippen molar-refractivity contribution >= 4 is 11.9 Å². The Balaban J connectivity index is 1.55. The van der Waals surface area contributed by atoms with Crippen molar-refractivity contribution < 1.29 is 24.2 Å². The molecule has 1 heterocycles. The first kappa shape index (κ1) is 31.8. The van der Waals surface area contributed by atoms with Crippen molar-refractivity contribution in [2.45, 2.75) is 131 Å². The summed E-state index contributed by atoms with van der Waals surface area (Å²) in [6, 6.07) is 0.664. The maximum Gasteiger partial charge on any atom is 0.333 e. The number of carbonyl (C=O) groups excluding carboxylic acids is 2. The average molecular weight is 584 g/mol. The van der Waals surface area contributed by atoms with Crippen LogP contribution < -0.4 is 0 Å². The van der Waals surface area contributed by atoms with Crippen molar-refractivity contribution in [2.75, 3.05) is 20.2 Å². The first-order valence-electron chi connectivity index (χ1n) is 16.8. The molecule has 6 nitrogen and oxygen atoms in total. The Kier molecular flexibility index (Phi) is 8.84. The highest BCUT2D eigenvalue weighted by Crippen LogP contribution is 2.74. The fourth-order valence-corrected chi connectivity index (χ4v) is 11.5. The summed E-state index contributed by atoms with van der Waals surface area (Å²) in [5, 5.41) is 12.2. The number of aliphatic hydroxyl groups excluding tert-OH is 1. The quantitative estimate of drug-likeness (QED) is 0.209. The Labute approximate surface area is 254 Å². The number of likely N-dealkylation sites (tertiary alicyclic amines) is 1. The summed E-state index contributed by atoms with van der Waals surface area (Å²) in [6.45, 7) is 17.9. The van der Waals surface area contributed by atoms with Crippen LogP contribution in [0.3, 0.4) is 0 Å². The lowest BCUT2D eigenvalue weighted by Gasteiger charge is -2.69. The van der Waals surface area contributed by atoms with E-state index in [1.807, 2.05) is 0 Å². The molecule has 236 valence electrons. The van der Waals surface area contributed by atoms with E-state index < -0.39 is 12.2 Å². The minimum Gasteiger partial charge on any atom is -0.466 e. The molecule has 10 atom stereocenters. The molecule has 0 amide bonds. The van der Waals surface area contributed by atoms with E-state index in [4.69, 9.17) is 9.47 Å². The first-order valence-corrected chi connectivity index (χ1v) is 16.8. The second-order valence-electron chi connectivity index (χ2n) is 15.6. The van der Waals surface area contributed by atoms with E-state index in [1.165, 1.54) is 58.4 Å². The smallest absolute Gasteiger partial charge is 0.333 e. The van der Waals surface area contributed by atoms with Gasteiger partial charge in [0.05, 0.1) is 13.2 Å². The standard InChI is InChI=1S/C36H57NO5/c1-22(2)12-11-13-25(33(40)41-8)31-27-20-29(39)32-34(5)16-15-28(37-18-9-10-19-37)23(3)26(34)14-17-35(32,6)36(27,7)21-30(31)42-24(4)38/h12,23,26-30,32,39H,9-11,13-21H2,1-8H3/b31-25-/t23-,26-,27-,28-,29+,30-,32-,34-,35-,36-/m0/s1. The molecule has 1 N–H and O–H groups in total. The van der Waals surface area contributed by atoms with Crippen LogP contribution in [-0.2, 0) is 19.1 Å². The first-order chi connectivity index (χ1) is 19.8. The van der Waals surface area contributed by atoms with Crippen molar-refractivity contribution in [3.8, 4) is 0 Å². The van der Waals surface area contributed by atoms with Gasteiger partial charge in [-0.05, 0) is 137 Å². The molecule has 4 aliphatic carbocycles. The zero-order chi connectivity index (χ0) is 30.6. The molecule has 5 aliphatic rings. The van der Waals surface area contributed by atoms with Crippen LogP contribution in [0.2, 0.25) is 0 Å². The van der Waals surface area contributed by atoms with Gasteiger partial charge >= 0.3 is 11.9 Å². The van der Waals surface area contributed by atoms with Crippen LogP contribution >= 0.6 is 0 Å². The Morgan fingerprint density at radius 1 is 1.05 bits per heavy atom. The lowest BCUT2D eigenvalue weighted by Crippen LogP contribution is -2.66. The van der Waals surface area contributed by atoms with E-state index in [2.05, 4.69) is 52.5 Å². The Hall–Kier alpha value is -1.66. The minimum atomic E-state index is -0.462. The van der Waals surface area contributed by atoms with Gasteiger partial charge in [0.1, 0.15) is 6.10 Å². The van der Waals surface area contributed by atoms with Crippen LogP contribution in [0.15, 0.2) is 22.8 Å². The number of hydrogen-bond donors (Lipinski definition) is 1. The normalized spacial score (nSPS) is 44.5. The van der Waals surface area contributed by atoms with Crippen molar-refractivity contribution in [2.24, 2.45) is 39.9 Å². The molecule has 1 aliphatic heterocycles. The van der Waals surface area contributed by atoms with E-state index in [1.54, 1.807) is 0 Å². The zero-order valence-electron chi connectivity index (χ0n) is 27.6. The van der Waals surface area contributed by atoms with E-state index in [0.717, 1.165) is 24.8 Å². The third-order valence-electron chi connectivity index (χ3n) is 13.4. The molecule has 5 rings (SSSR count). The van der Waals surface area contributed by atoms with Gasteiger partial charge in [-0.3, -0.25) is 4.79 Å². The Morgan fingerprint density at radius 3 is 2.36 bits per heavy atom. The molecule has 0 aromatic rings. The molecule has 42 heavy (non-hydrogen) atoms. The number of ether oxygens (including phenoxy) is 2. The van der Waals surface area contributed by atoms with Crippen molar-refractivity contribution in [1.29, 1.82) is 0 Å². The van der Waals surface area contributed by atoms with Crippen LogP contribution in [0.5, 0.6) is 0 Å². The molecule has 5 fully saturated rings. The van der Waals surface area contributed by atoms with E-state index >= 15 is 0 Å². The summed E-state index contributed by atoms with van der Waals surface area (Å²) in [5.41, 5.74) is 2.49. The number of methoxy groups -OCH3 is 1. The lowest BCUT2D eigenvalue weighted by atomic mass is 9.36. The van der Waals surface area contributed by atoms with Crippen molar-refractivity contribution in [3.63, 3.8) is 0 Å². The van der Waals surface area contributed by atoms with Crippen LogP contribution in [0.25, 0.3) is 0 Å². The molecule has 0 unspecified atom stereocenters. The summed E-state index contributed by atoms with van der Waals surface area (Å²) in [4.78, 5) is 28.5. The highest BCUT2D eigenvalue weighted by molar-refractivity contribution is 5.90. The van der Waals surface area contributed by atoms with Crippen LogP contribution in [-0.4, -0.2) is 60.4 Å². The topological polar surface area (TPSA) is 76.1 Å². The van der Waals surface area contributed by atoms with E-state index in [0.29, 0.717) is 42.7 Å². The minimum absolute atomic E-state index is 0.0302. The fourth-order valence-electron chi connectivity index (χ4n) is 11.5. The molecule has 0 radical (unpaired) electrons. The Bertz CT molecular complexity index is 1120. The number of allylic oxidation sites excluding steroid dienone is 2. The third-order valence-corrected chi connectivity index (χ3v) is 13.4. The number of esters is 2. The van der Waals surface area contributed by atoms with Gasteiger partial charge in [-0.25, -0.2) is 4.79 Å². The molecule has 0 aromatic carbocycles. The van der Waals surface area contributed by atoms with Crippen LogP contribution in [0.1, 0.15) is 113 Å². The van der Waals surface area contributed by atoms with Gasteiger partial charge in [0.15, 0.2) is 0 Å². The molecule has 6 heteroatoms. The number of rotatable bonds is 6. The Morgan fingerprint density at radius 2 is 1.74 bits per heavy atom. The van der Waals surface area contributed by atoms with Crippen LogP contribution in [0, 0.1) is 39.9 Å². The molecular weight excluding hydrogens is 526 g/mol. The fraction of sp³-hybridized carbons (Fsp3) is 0.833. The van der Waals surface area contributed by atoms with Gasteiger partial charge in [-0.15, -0.1) is 0 Å². The number of nitrogens with zero attached hydrogens (tertiary/aromatic N) is 1. The average Bonchev–Trinajstić information content (AvgIpc) is 3.53. The van der Waals surface area contributed by atoms with Gasteiger partial charge in [0, 0.05) is 18.5 Å². The number of fused-ring (bicyclic) bond motifs is 5. The summed E-state index contributed by atoms with van der Waals surface area (Å²) in [5.74, 6) is 0.715. The van der Waals surface area contributed by atoms with Gasteiger partial charge in [-0.1, -0.05) is 39.3 Å². The largest absolute Gasteiger partial charge is 0.466 e. The van der Waals surface area contributed by atoms with Gasteiger partial charge < -0.3 is 19.5 Å². The third kappa shape index (κ3) is 5.01. The summed E-state index contributed by atoms with van der Waals surface area (Å²) in [6.07, 6.45) is 11.1. The van der Waals surface area contributed by atoms with E-state index in [-0.39, 0.29) is 40.0 Å². The SMILES string of the molecule is COC(=O)/C(CCC=C(C)C)=C1\[C@@H](OC(C)=O)C[C@@]2(C)[C@H]1C[C@@H](O)[C@H]1[C@@]3(C)CC[C@H](N4CCCC4)[C@@H](C)[C@@H]3CC[C@@]12C. The van der Waals surface area contributed by atoms with Crippen molar-refractivity contribution in [3.05, 3.63) is 22.8 Å². The maximum absolute atomic E-state index is 13.3. The van der Waals surface area contributed by atoms with Crippen molar-refractivity contribution in [1.82, 2.24) is 4.90 Å². The van der Waals surface area contributed by atoms with Gasteiger partial charge in [-0.2, -0.15) is 0 Å². The van der Waals surface area contributed by atoms with Gasteiger partial charge in [0.2, 0.25) is 0 Å². The molecule has 0 spiro atoms. The predicted molar refractivity (Wildman–Crippen MR) is 166 cm³/mol. The second kappa shape index (κ2) is 11.7. The number of aliphatic hydroxyl groups is 1. The summed E-state index contributed by atoms with van der Waals surface area (Å²) < 4.78 is 11.4. The highest BCUT2D eigenvalue weighted by atomic mass is 16.5. The molecule has 4 saturated carbocycles. The summed E-state index contributed by atoms with van der Waals surface area (Å²) in [7, 11) is 1.44. The second-order valence-corrected chi connectivity index (χ2v) is 15.6.